The molecule has 230 valence electrons. The molecule has 3 heterocycles. The molecule has 3 aromatic carbocycles. The summed E-state index contributed by atoms with van der Waals surface area (Å²) in [5, 5.41) is 4.15. The van der Waals surface area contributed by atoms with E-state index in [1.54, 1.807) is 50.5 Å². The highest BCUT2D eigenvalue weighted by Crippen LogP contribution is 2.46. The molecule has 46 heavy (non-hydrogen) atoms. The maximum atomic E-state index is 16.6. The van der Waals surface area contributed by atoms with Gasteiger partial charge in [-0.1, -0.05) is 13.0 Å². The Morgan fingerprint density at radius 3 is 2.50 bits per heavy atom. The normalized spacial score (nSPS) is 13.6. The third kappa shape index (κ3) is 4.88. The van der Waals surface area contributed by atoms with Crippen molar-refractivity contribution in [2.75, 3.05) is 7.11 Å². The molecule has 6 aromatic rings. The van der Waals surface area contributed by atoms with E-state index in [2.05, 4.69) is 10.3 Å². The van der Waals surface area contributed by atoms with Crippen LogP contribution < -0.4 is 10.1 Å². The number of ketones is 1. The fraction of sp³-hybridized carbons (Fsp3) is 0.189. The van der Waals surface area contributed by atoms with Gasteiger partial charge in [0.15, 0.2) is 5.78 Å². The smallest absolute Gasteiger partial charge is 0.255 e. The van der Waals surface area contributed by atoms with Crippen LogP contribution in [-0.4, -0.2) is 28.8 Å². The van der Waals surface area contributed by atoms with Gasteiger partial charge < -0.3 is 14.5 Å². The van der Waals surface area contributed by atoms with Crippen molar-refractivity contribution >= 4 is 33.6 Å². The van der Waals surface area contributed by atoms with Crippen LogP contribution in [0.1, 0.15) is 58.2 Å². The molecule has 3 aromatic heterocycles. The minimum atomic E-state index is -0.654. The summed E-state index contributed by atoms with van der Waals surface area (Å²) < 4.78 is 41.9. The molecule has 0 bridgehead atoms. The van der Waals surface area contributed by atoms with Crippen LogP contribution in [0.2, 0.25) is 0 Å². The molecule has 0 aliphatic heterocycles. The molecule has 9 heteroatoms. The Labute approximate surface area is 263 Å². The number of rotatable bonds is 8. The Balaban J connectivity index is 1.31. The van der Waals surface area contributed by atoms with Crippen LogP contribution in [0.5, 0.6) is 5.75 Å². The van der Waals surface area contributed by atoms with Crippen LogP contribution in [-0.2, 0) is 5.54 Å². The number of nitrogens with zero attached hydrogens (tertiary/aromatic N) is 2. The van der Waals surface area contributed by atoms with Gasteiger partial charge in [0.05, 0.1) is 46.6 Å². The number of methoxy groups -OCH3 is 1. The van der Waals surface area contributed by atoms with Crippen molar-refractivity contribution < 1.29 is 27.5 Å². The summed E-state index contributed by atoms with van der Waals surface area (Å²) in [5.74, 6) is -1.27. The standard InChI is InChI=1S/C37H29F2N3O4/c1-4-28(43)32-33-29(46-35(32)22-5-8-23(38)9-6-22)11-10-24(34(33)39)25-18-26(30(45-3)17-20(25)2)36(44)42-37(14-15-37)31-12-7-21-13-16-40-19-27(21)41-31/h5-13,16-19H,4,14-15H2,1-3H3,(H,42,44). The number of halogens is 2. The monoisotopic (exact) mass is 617 g/mol. The van der Waals surface area contributed by atoms with Gasteiger partial charge in [-0.15, -0.1) is 0 Å². The number of benzene rings is 3. The van der Waals surface area contributed by atoms with Gasteiger partial charge >= 0.3 is 0 Å². The summed E-state index contributed by atoms with van der Waals surface area (Å²) in [4.78, 5) is 36.0. The number of hydrogen-bond donors (Lipinski definition) is 1. The second kappa shape index (κ2) is 11.2. The molecular formula is C37H29F2N3O4. The lowest BCUT2D eigenvalue weighted by Crippen LogP contribution is -2.35. The van der Waals surface area contributed by atoms with E-state index in [0.29, 0.717) is 22.4 Å². The molecule has 1 amide bonds. The van der Waals surface area contributed by atoms with E-state index < -0.39 is 17.2 Å². The van der Waals surface area contributed by atoms with Crippen LogP contribution in [0.3, 0.4) is 0 Å². The zero-order valence-electron chi connectivity index (χ0n) is 25.4. The minimum Gasteiger partial charge on any atom is -0.496 e. The molecule has 0 saturated heterocycles. The average molecular weight is 618 g/mol. The molecule has 1 aliphatic carbocycles. The number of aromatic nitrogens is 2. The van der Waals surface area contributed by atoms with Gasteiger partial charge in [-0.05, 0) is 91.6 Å². The van der Waals surface area contributed by atoms with Gasteiger partial charge in [-0.2, -0.15) is 0 Å². The molecule has 0 spiro atoms. The van der Waals surface area contributed by atoms with E-state index in [1.165, 1.54) is 31.4 Å². The second-order valence-corrected chi connectivity index (χ2v) is 11.6. The van der Waals surface area contributed by atoms with Crippen LogP contribution in [0, 0.1) is 18.6 Å². The van der Waals surface area contributed by atoms with Gasteiger partial charge in [-0.3, -0.25) is 14.6 Å². The Bertz CT molecular complexity index is 2190. The number of fused-ring (bicyclic) bond motifs is 2. The summed E-state index contributed by atoms with van der Waals surface area (Å²) in [6, 6.07) is 17.8. The molecule has 1 fully saturated rings. The average Bonchev–Trinajstić information content (AvgIpc) is 3.75. The Morgan fingerprint density at radius 2 is 1.78 bits per heavy atom. The van der Waals surface area contributed by atoms with Crippen molar-refractivity contribution in [1.82, 2.24) is 15.3 Å². The lowest BCUT2D eigenvalue weighted by molar-refractivity contribution is 0.0925. The van der Waals surface area contributed by atoms with E-state index in [0.717, 1.165) is 29.4 Å². The summed E-state index contributed by atoms with van der Waals surface area (Å²) >= 11 is 0. The van der Waals surface area contributed by atoms with Crippen LogP contribution in [0.4, 0.5) is 8.78 Å². The van der Waals surface area contributed by atoms with Crippen LogP contribution in [0.15, 0.2) is 83.5 Å². The Morgan fingerprint density at radius 1 is 1.00 bits per heavy atom. The number of ether oxygens (including phenoxy) is 1. The van der Waals surface area contributed by atoms with Crippen LogP contribution in [0.25, 0.3) is 44.3 Å². The molecule has 1 N–H and O–H groups in total. The quantitative estimate of drug-likeness (QED) is 0.173. The van der Waals surface area contributed by atoms with Gasteiger partial charge in [0, 0.05) is 29.1 Å². The summed E-state index contributed by atoms with van der Waals surface area (Å²) in [6.45, 7) is 3.49. The number of aryl methyl sites for hydroxylation is 1. The topological polar surface area (TPSA) is 94.3 Å². The molecule has 1 aliphatic rings. The maximum absolute atomic E-state index is 16.6. The number of amides is 1. The zero-order chi connectivity index (χ0) is 32.2. The van der Waals surface area contributed by atoms with Gasteiger partial charge in [-0.25, -0.2) is 13.8 Å². The fourth-order valence-corrected chi connectivity index (χ4v) is 6.01. The lowest BCUT2D eigenvalue weighted by atomic mass is 9.93. The minimum absolute atomic E-state index is 0.0405. The summed E-state index contributed by atoms with van der Waals surface area (Å²) in [5.41, 5.74) is 3.16. The van der Waals surface area contributed by atoms with E-state index in [4.69, 9.17) is 14.1 Å². The molecule has 0 atom stereocenters. The predicted octanol–water partition coefficient (Wildman–Crippen LogP) is 8.32. The molecule has 1 saturated carbocycles. The Kier molecular flexibility index (Phi) is 7.11. The molecular weight excluding hydrogens is 588 g/mol. The third-order valence-electron chi connectivity index (χ3n) is 8.67. The number of carbonyl (C=O) groups excluding carboxylic acids is 2. The number of Topliss-reactive ketones (excluding diaryl/α,β-unsaturated/α-hetero) is 1. The third-order valence-corrected chi connectivity index (χ3v) is 8.67. The Hall–Kier alpha value is -5.44. The van der Waals surface area contributed by atoms with Gasteiger partial charge in [0.1, 0.15) is 28.7 Å². The largest absolute Gasteiger partial charge is 0.496 e. The van der Waals surface area contributed by atoms with Crippen molar-refractivity contribution in [3.05, 3.63) is 113 Å². The highest BCUT2D eigenvalue weighted by molar-refractivity contribution is 6.13. The highest BCUT2D eigenvalue weighted by atomic mass is 19.1. The van der Waals surface area contributed by atoms with Crippen molar-refractivity contribution in [1.29, 1.82) is 0 Å². The number of furan rings is 1. The predicted molar refractivity (Wildman–Crippen MR) is 171 cm³/mol. The zero-order valence-corrected chi connectivity index (χ0v) is 25.4. The van der Waals surface area contributed by atoms with Crippen molar-refractivity contribution in [3.63, 3.8) is 0 Å². The van der Waals surface area contributed by atoms with Crippen molar-refractivity contribution in [3.8, 4) is 28.2 Å². The lowest BCUT2D eigenvalue weighted by Gasteiger charge is -2.20. The molecule has 0 radical (unpaired) electrons. The maximum Gasteiger partial charge on any atom is 0.255 e. The summed E-state index contributed by atoms with van der Waals surface area (Å²) in [6.07, 6.45) is 4.95. The first-order chi connectivity index (χ1) is 22.2. The second-order valence-electron chi connectivity index (χ2n) is 11.6. The fourth-order valence-electron chi connectivity index (χ4n) is 6.01. The van der Waals surface area contributed by atoms with Crippen LogP contribution >= 0.6 is 0 Å². The summed E-state index contributed by atoms with van der Waals surface area (Å²) in [7, 11) is 1.48. The van der Waals surface area contributed by atoms with Crippen molar-refractivity contribution in [2.24, 2.45) is 0 Å². The highest BCUT2D eigenvalue weighted by Gasteiger charge is 2.47. The van der Waals surface area contributed by atoms with Crippen molar-refractivity contribution in [2.45, 2.75) is 38.6 Å². The number of nitrogens with one attached hydrogen (secondary N) is 1. The van der Waals surface area contributed by atoms with E-state index in [1.807, 2.05) is 18.2 Å². The van der Waals surface area contributed by atoms with E-state index in [9.17, 15) is 14.0 Å². The molecule has 0 unspecified atom stereocenters. The van der Waals surface area contributed by atoms with Gasteiger partial charge in [0.25, 0.3) is 5.91 Å². The number of hydrogen-bond acceptors (Lipinski definition) is 6. The first-order valence-electron chi connectivity index (χ1n) is 15.0. The first kappa shape index (κ1) is 29.3. The molecule has 7 rings (SSSR count). The van der Waals surface area contributed by atoms with E-state index in [-0.39, 0.29) is 51.5 Å². The SMILES string of the molecule is CCC(=O)c1c(-c2ccc(F)cc2)oc2ccc(-c3cc(C(=O)NC4(c5ccc6ccncc6n5)CC4)c(OC)cc3C)c(F)c12. The first-order valence-corrected chi connectivity index (χ1v) is 15.0. The molecule has 7 nitrogen and oxygen atoms in total. The van der Waals surface area contributed by atoms with Gasteiger partial charge in [0.2, 0.25) is 0 Å². The number of carbonyl (C=O) groups is 2. The van der Waals surface area contributed by atoms with E-state index >= 15 is 4.39 Å². The number of pyridine rings is 2.